The fourth-order valence-electron chi connectivity index (χ4n) is 5.90. The van der Waals surface area contributed by atoms with Crippen LogP contribution in [0.5, 0.6) is 0 Å². The Morgan fingerprint density at radius 3 is 1.84 bits per heavy atom. The molecule has 5 heterocycles. The van der Waals surface area contributed by atoms with E-state index in [0.29, 0.717) is 18.5 Å². The average Bonchev–Trinajstić information content (AvgIpc) is 3.65. The Bertz CT molecular complexity index is 1860. The van der Waals surface area contributed by atoms with Crippen LogP contribution in [0.4, 0.5) is 0 Å². The zero-order chi connectivity index (χ0) is 31.0. The molecule has 3 N–H and O–H groups in total. The summed E-state index contributed by atoms with van der Waals surface area (Å²) in [5.41, 5.74) is 13.1. The molecule has 0 saturated heterocycles. The van der Waals surface area contributed by atoms with Crippen LogP contribution in [0.25, 0.3) is 44.4 Å². The zero-order valence-corrected chi connectivity index (χ0v) is 25.8. The van der Waals surface area contributed by atoms with E-state index in [4.69, 9.17) is 19.4 Å². The first-order valence-corrected chi connectivity index (χ1v) is 14.5. The van der Waals surface area contributed by atoms with E-state index in [1.165, 1.54) is 14.2 Å². The highest BCUT2D eigenvalue weighted by atomic mass is 16.5. The molecule has 0 amide bonds. The van der Waals surface area contributed by atoms with Gasteiger partial charge in [0.05, 0.1) is 43.1 Å². The quantitative estimate of drug-likeness (QED) is 0.263. The minimum atomic E-state index is -0.682. The second-order valence-corrected chi connectivity index (χ2v) is 11.2. The lowest BCUT2D eigenvalue weighted by atomic mass is 9.98. The highest BCUT2D eigenvalue weighted by Crippen LogP contribution is 2.38. The topological polar surface area (TPSA) is 130 Å². The van der Waals surface area contributed by atoms with Crippen molar-refractivity contribution in [3.8, 4) is 0 Å². The number of nitrogens with one attached hydrogen (secondary N) is 2. The SMILES string of the molecule is COC(=O)CCC1=C(C)c2cc3cc(C)c(cc4[nH]c(cc5nc(cc1n2)C(CCC(=O)OC)=C5C)c(C)c4C(C)O)[nH]3. The molecule has 224 valence electrons. The Morgan fingerprint density at radius 2 is 1.30 bits per heavy atom. The number of aromatic nitrogens is 4. The van der Waals surface area contributed by atoms with Crippen molar-refractivity contribution in [1.29, 1.82) is 0 Å². The molecule has 0 saturated carbocycles. The number of carbonyl (C=O) groups is 2. The minimum Gasteiger partial charge on any atom is -0.469 e. The van der Waals surface area contributed by atoms with Crippen molar-refractivity contribution in [3.05, 3.63) is 69.8 Å². The molecule has 0 fully saturated rings. The molecule has 9 nitrogen and oxygen atoms in total. The lowest BCUT2D eigenvalue weighted by molar-refractivity contribution is -0.141. The summed E-state index contributed by atoms with van der Waals surface area (Å²) in [7, 11) is 2.77. The van der Waals surface area contributed by atoms with Crippen LogP contribution < -0.4 is 0 Å². The first-order valence-electron chi connectivity index (χ1n) is 14.5. The van der Waals surface area contributed by atoms with E-state index in [1.54, 1.807) is 6.92 Å². The molecular formula is C34H38N4O5. The van der Waals surface area contributed by atoms with E-state index >= 15 is 0 Å². The van der Waals surface area contributed by atoms with E-state index in [1.807, 2.05) is 52.0 Å². The van der Waals surface area contributed by atoms with Gasteiger partial charge >= 0.3 is 11.9 Å². The third kappa shape index (κ3) is 5.90. The maximum atomic E-state index is 12.1. The van der Waals surface area contributed by atoms with Crippen molar-refractivity contribution in [1.82, 2.24) is 19.9 Å². The maximum absolute atomic E-state index is 12.1. The second kappa shape index (κ2) is 12.0. The molecule has 43 heavy (non-hydrogen) atoms. The summed E-state index contributed by atoms with van der Waals surface area (Å²) in [5, 5.41) is 10.7. The van der Waals surface area contributed by atoms with Crippen LogP contribution in [0.15, 0.2) is 30.3 Å². The van der Waals surface area contributed by atoms with Gasteiger partial charge in [-0.25, -0.2) is 9.97 Å². The van der Waals surface area contributed by atoms with Crippen LogP contribution in [0.3, 0.4) is 0 Å². The van der Waals surface area contributed by atoms with Crippen molar-refractivity contribution in [3.63, 3.8) is 0 Å². The summed E-state index contributed by atoms with van der Waals surface area (Å²) in [4.78, 5) is 41.3. The van der Waals surface area contributed by atoms with Crippen molar-refractivity contribution in [2.24, 2.45) is 0 Å². The van der Waals surface area contributed by atoms with Gasteiger partial charge in [-0.15, -0.1) is 0 Å². The first kappa shape index (κ1) is 30.0. The fourth-order valence-corrected chi connectivity index (χ4v) is 5.90. The number of rotatable bonds is 7. The Morgan fingerprint density at radius 1 is 0.744 bits per heavy atom. The molecule has 8 bridgehead atoms. The summed E-state index contributed by atoms with van der Waals surface area (Å²) in [5.74, 6) is -0.582. The van der Waals surface area contributed by atoms with E-state index in [9.17, 15) is 14.7 Å². The molecular weight excluding hydrogens is 544 g/mol. The molecule has 0 radical (unpaired) electrons. The van der Waals surface area contributed by atoms with Gasteiger partial charge in [0.2, 0.25) is 0 Å². The Labute approximate surface area is 250 Å². The molecule has 0 spiro atoms. The van der Waals surface area contributed by atoms with Gasteiger partial charge in [-0.2, -0.15) is 0 Å². The predicted octanol–water partition coefficient (Wildman–Crippen LogP) is 6.75. The number of methoxy groups -OCH3 is 2. The largest absolute Gasteiger partial charge is 0.469 e. The molecule has 9 heteroatoms. The van der Waals surface area contributed by atoms with Crippen molar-refractivity contribution < 1.29 is 24.2 Å². The summed E-state index contributed by atoms with van der Waals surface area (Å²) in [6.07, 6.45) is 0.681. The van der Waals surface area contributed by atoms with Gasteiger partial charge in [0, 0.05) is 40.5 Å². The molecule has 3 aromatic rings. The third-order valence-electron chi connectivity index (χ3n) is 8.38. The summed E-state index contributed by atoms with van der Waals surface area (Å²) in [6.45, 7) is 9.82. The number of hydrogen-bond donors (Lipinski definition) is 3. The van der Waals surface area contributed by atoms with Gasteiger partial charge in [0.1, 0.15) is 0 Å². The molecule has 1 atom stereocenters. The second-order valence-electron chi connectivity index (χ2n) is 11.2. The van der Waals surface area contributed by atoms with Gasteiger partial charge in [0.15, 0.2) is 0 Å². The maximum Gasteiger partial charge on any atom is 0.305 e. The molecule has 2 aliphatic rings. The summed E-state index contributed by atoms with van der Waals surface area (Å²) >= 11 is 0. The average molecular weight is 583 g/mol. The number of aryl methyl sites for hydroxylation is 2. The van der Waals surface area contributed by atoms with Crippen LogP contribution in [-0.2, 0) is 19.1 Å². The number of H-pyrrole nitrogens is 2. The highest BCUT2D eigenvalue weighted by molar-refractivity contribution is 5.96. The van der Waals surface area contributed by atoms with Crippen LogP contribution >= 0.6 is 0 Å². The van der Waals surface area contributed by atoms with E-state index < -0.39 is 6.10 Å². The minimum absolute atomic E-state index is 0.214. The first-order chi connectivity index (χ1) is 20.5. The van der Waals surface area contributed by atoms with Gasteiger partial charge in [-0.3, -0.25) is 9.59 Å². The monoisotopic (exact) mass is 582 g/mol. The Hall–Kier alpha value is -4.50. The van der Waals surface area contributed by atoms with E-state index in [0.717, 1.165) is 78.1 Å². The van der Waals surface area contributed by atoms with Crippen molar-refractivity contribution >= 4 is 56.3 Å². The summed E-state index contributed by atoms with van der Waals surface area (Å²) in [6, 6.07) is 10.0. The number of aromatic amines is 2. The number of aliphatic hydroxyl groups excluding tert-OH is 1. The number of carbonyl (C=O) groups excluding carboxylic acids is 2. The number of allylic oxidation sites excluding steroid dienone is 4. The van der Waals surface area contributed by atoms with Gasteiger partial charge < -0.3 is 24.5 Å². The van der Waals surface area contributed by atoms with E-state index in [-0.39, 0.29) is 24.8 Å². The molecule has 5 rings (SSSR count). The van der Waals surface area contributed by atoms with Crippen LogP contribution in [0.1, 0.15) is 92.0 Å². The highest BCUT2D eigenvalue weighted by Gasteiger charge is 2.23. The lowest BCUT2D eigenvalue weighted by Gasteiger charge is -2.06. The predicted molar refractivity (Wildman–Crippen MR) is 169 cm³/mol. The normalized spacial score (nSPS) is 13.9. The molecule has 2 aliphatic heterocycles. The number of ether oxygens (including phenoxy) is 2. The van der Waals surface area contributed by atoms with Gasteiger partial charge in [-0.1, -0.05) is 0 Å². The Kier molecular flexibility index (Phi) is 8.37. The molecule has 1 unspecified atom stereocenters. The van der Waals surface area contributed by atoms with Crippen LogP contribution in [0, 0.1) is 13.8 Å². The fraction of sp³-hybridized carbons (Fsp3) is 0.353. The van der Waals surface area contributed by atoms with E-state index in [2.05, 4.69) is 16.0 Å². The van der Waals surface area contributed by atoms with Gasteiger partial charge in [0.25, 0.3) is 0 Å². The van der Waals surface area contributed by atoms with Crippen LogP contribution in [0.2, 0.25) is 0 Å². The number of fused-ring (bicyclic) bond motifs is 8. The lowest BCUT2D eigenvalue weighted by Crippen LogP contribution is -2.01. The Balaban J connectivity index is 1.85. The van der Waals surface area contributed by atoms with Crippen LogP contribution in [-0.4, -0.2) is 51.2 Å². The number of nitrogens with zero attached hydrogens (tertiary/aromatic N) is 2. The molecule has 0 aromatic carbocycles. The molecule has 3 aromatic heterocycles. The van der Waals surface area contributed by atoms with Crippen molar-refractivity contribution in [2.75, 3.05) is 14.2 Å². The molecule has 0 aliphatic carbocycles. The number of hydrogen-bond acceptors (Lipinski definition) is 7. The van der Waals surface area contributed by atoms with Crippen molar-refractivity contribution in [2.45, 2.75) is 66.4 Å². The van der Waals surface area contributed by atoms with Gasteiger partial charge in [-0.05, 0) is 111 Å². The zero-order valence-electron chi connectivity index (χ0n) is 25.8. The smallest absolute Gasteiger partial charge is 0.305 e. The standard InChI is InChI=1S/C34H38N4O5/c1-17-12-22-13-26-18(2)23(8-10-32(40)42-6)29(36-26)16-30-24(9-11-33(41)43-7)19(3)27(37-30)15-28-20(4)34(21(5)39)31(38-28)14-25(17)35-22/h12-16,21,35,38-39H,8-11H2,1-7H3. The summed E-state index contributed by atoms with van der Waals surface area (Å²) < 4.78 is 9.84. The number of esters is 2. The third-order valence-corrected chi connectivity index (χ3v) is 8.38. The number of aliphatic hydroxyl groups is 1.